The average Bonchev–Trinajstić information content (AvgIpc) is 2.89. The number of rotatable bonds is 2. The van der Waals surface area contributed by atoms with Crippen molar-refractivity contribution in [1.29, 1.82) is 0 Å². The van der Waals surface area contributed by atoms with Gasteiger partial charge in [-0.25, -0.2) is 19.3 Å². The van der Waals surface area contributed by atoms with Crippen molar-refractivity contribution in [3.63, 3.8) is 0 Å². The maximum atomic E-state index is 13.9. The Labute approximate surface area is 129 Å². The molecule has 0 aliphatic carbocycles. The number of carbonyl (C=O) groups is 2. The Morgan fingerprint density at radius 2 is 1.96 bits per heavy atom. The maximum absolute atomic E-state index is 13.9. The number of primary amides is 1. The van der Waals surface area contributed by atoms with E-state index in [9.17, 15) is 9.18 Å². The van der Waals surface area contributed by atoms with Gasteiger partial charge in [-0.1, -0.05) is 0 Å². The van der Waals surface area contributed by atoms with Crippen LogP contribution in [-0.4, -0.2) is 36.8 Å². The first-order valence-corrected chi connectivity index (χ1v) is 6.31. The molecule has 0 atom stereocenters. The molecule has 0 spiro atoms. The third-order valence-corrected chi connectivity index (χ3v) is 2.82. The van der Waals surface area contributed by atoms with E-state index in [1.54, 1.807) is 23.7 Å². The topological polar surface area (TPSA) is 123 Å². The first-order chi connectivity index (χ1) is 11.0. The number of fused-ring (bicyclic) bond motifs is 1. The Morgan fingerprint density at radius 1 is 1.35 bits per heavy atom. The number of aromatic nitrogens is 4. The number of halogens is 1. The zero-order valence-electron chi connectivity index (χ0n) is 12.0. The fraction of sp³-hybridized carbons (Fsp3) is 0.0714. The lowest BCUT2D eigenvalue weighted by atomic mass is 10.2. The summed E-state index contributed by atoms with van der Waals surface area (Å²) in [6, 6.07) is 1.31. The van der Waals surface area contributed by atoms with Crippen LogP contribution in [0.15, 0.2) is 30.9 Å². The monoisotopic (exact) mass is 317 g/mol. The Kier molecular flexibility index (Phi) is 4.60. The van der Waals surface area contributed by atoms with Gasteiger partial charge in [0.05, 0.1) is 11.3 Å². The fourth-order valence-corrected chi connectivity index (χ4v) is 1.91. The average molecular weight is 317 g/mol. The number of hydrogen-bond acceptors (Lipinski definition) is 5. The number of nitrogens with two attached hydrogens (primary N) is 1. The molecule has 8 nitrogen and oxygen atoms in total. The van der Waals surface area contributed by atoms with Crippen LogP contribution >= 0.6 is 0 Å². The summed E-state index contributed by atoms with van der Waals surface area (Å²) in [6.07, 6.45) is 6.01. The second-order valence-corrected chi connectivity index (χ2v) is 4.45. The first kappa shape index (κ1) is 16.0. The van der Waals surface area contributed by atoms with Crippen LogP contribution in [0.5, 0.6) is 0 Å². The number of imidazole rings is 1. The molecule has 118 valence electrons. The van der Waals surface area contributed by atoms with E-state index < -0.39 is 11.7 Å². The molecule has 0 aliphatic rings. The van der Waals surface area contributed by atoms with E-state index >= 15 is 0 Å². The highest BCUT2D eigenvalue weighted by atomic mass is 19.1. The Balaban J connectivity index is 0.000000595. The maximum Gasteiger partial charge on any atom is 0.290 e. The summed E-state index contributed by atoms with van der Waals surface area (Å²) in [5.74, 6) is -0.760. The van der Waals surface area contributed by atoms with E-state index in [1.807, 2.05) is 0 Å². The van der Waals surface area contributed by atoms with E-state index in [2.05, 4.69) is 15.0 Å². The third-order valence-electron chi connectivity index (χ3n) is 2.82. The first-order valence-electron chi connectivity index (χ1n) is 6.31. The normalized spacial score (nSPS) is 10.0. The van der Waals surface area contributed by atoms with Gasteiger partial charge in [-0.2, -0.15) is 0 Å². The molecule has 3 heterocycles. The van der Waals surface area contributed by atoms with Gasteiger partial charge in [-0.15, -0.1) is 0 Å². The number of carbonyl (C=O) groups excluding carboxylic acids is 1. The SMILES string of the molecule is Cc1cn2cc(-c3ncc(C(N)=O)cn3)cc(F)c2n1.O=CO. The zero-order chi connectivity index (χ0) is 17.0. The van der Waals surface area contributed by atoms with Gasteiger partial charge in [0, 0.05) is 30.4 Å². The van der Waals surface area contributed by atoms with Crippen LogP contribution in [0.2, 0.25) is 0 Å². The molecule has 0 saturated carbocycles. The van der Waals surface area contributed by atoms with Crippen LogP contribution < -0.4 is 5.73 Å². The molecule has 3 rings (SSSR count). The van der Waals surface area contributed by atoms with Gasteiger partial charge in [0.2, 0.25) is 0 Å². The molecular formula is C14H12FN5O3. The summed E-state index contributed by atoms with van der Waals surface area (Å²) >= 11 is 0. The van der Waals surface area contributed by atoms with Crippen molar-refractivity contribution in [2.45, 2.75) is 6.92 Å². The highest BCUT2D eigenvalue weighted by Crippen LogP contribution is 2.19. The molecule has 1 amide bonds. The molecule has 0 unspecified atom stereocenters. The zero-order valence-corrected chi connectivity index (χ0v) is 12.0. The van der Waals surface area contributed by atoms with Gasteiger partial charge in [-0.3, -0.25) is 9.59 Å². The summed E-state index contributed by atoms with van der Waals surface area (Å²) in [6.45, 7) is 1.53. The molecule has 0 aromatic carbocycles. The van der Waals surface area contributed by atoms with Gasteiger partial charge in [0.1, 0.15) is 0 Å². The minimum atomic E-state index is -0.608. The standard InChI is InChI=1S/C13H10FN5O.CH2O2/c1-7-5-19-6-8(2-10(14)13(19)18-7)12-16-3-9(4-17-12)11(15)20;2-1-3/h2-6H,1H3,(H2,15,20);1H,(H,2,3). The van der Waals surface area contributed by atoms with E-state index in [-0.39, 0.29) is 17.7 Å². The molecule has 3 aromatic heterocycles. The van der Waals surface area contributed by atoms with Crippen LogP contribution in [0, 0.1) is 12.7 Å². The minimum Gasteiger partial charge on any atom is -0.483 e. The van der Waals surface area contributed by atoms with Crippen molar-refractivity contribution in [1.82, 2.24) is 19.4 Å². The molecule has 3 N–H and O–H groups in total. The molecule has 0 aliphatic heterocycles. The summed E-state index contributed by atoms with van der Waals surface area (Å²) in [4.78, 5) is 31.4. The Bertz CT molecular complexity index is 861. The minimum absolute atomic E-state index is 0.203. The van der Waals surface area contributed by atoms with Crippen molar-refractivity contribution in [2.75, 3.05) is 0 Å². The van der Waals surface area contributed by atoms with E-state index in [0.717, 1.165) is 0 Å². The molecule has 0 bridgehead atoms. The van der Waals surface area contributed by atoms with Crippen LogP contribution in [0.3, 0.4) is 0 Å². The highest BCUT2D eigenvalue weighted by Gasteiger charge is 2.10. The second kappa shape index (κ2) is 6.60. The predicted molar refractivity (Wildman–Crippen MR) is 78.1 cm³/mol. The molecule has 23 heavy (non-hydrogen) atoms. The van der Waals surface area contributed by atoms with Crippen LogP contribution in [0.1, 0.15) is 16.1 Å². The summed E-state index contributed by atoms with van der Waals surface area (Å²) in [5, 5.41) is 6.89. The largest absolute Gasteiger partial charge is 0.483 e. The molecule has 3 aromatic rings. The quantitative estimate of drug-likeness (QED) is 0.681. The molecule has 0 saturated heterocycles. The summed E-state index contributed by atoms with van der Waals surface area (Å²) < 4.78 is 15.5. The lowest BCUT2D eigenvalue weighted by Gasteiger charge is -2.03. The number of pyridine rings is 1. The summed E-state index contributed by atoms with van der Waals surface area (Å²) in [7, 11) is 0. The molecule has 0 radical (unpaired) electrons. The number of carboxylic acid groups (broad SMARTS) is 1. The van der Waals surface area contributed by atoms with Gasteiger partial charge >= 0.3 is 0 Å². The highest BCUT2D eigenvalue weighted by molar-refractivity contribution is 5.92. The van der Waals surface area contributed by atoms with E-state index in [4.69, 9.17) is 15.6 Å². The van der Waals surface area contributed by atoms with Crippen LogP contribution in [0.4, 0.5) is 4.39 Å². The van der Waals surface area contributed by atoms with E-state index in [0.29, 0.717) is 17.1 Å². The number of hydrogen-bond donors (Lipinski definition) is 2. The van der Waals surface area contributed by atoms with Crippen molar-refractivity contribution in [3.05, 3.63) is 47.9 Å². The lowest BCUT2D eigenvalue weighted by molar-refractivity contribution is -0.122. The molecule has 9 heteroatoms. The number of amides is 1. The van der Waals surface area contributed by atoms with Crippen molar-refractivity contribution >= 4 is 18.0 Å². The van der Waals surface area contributed by atoms with E-state index in [1.165, 1.54) is 18.5 Å². The van der Waals surface area contributed by atoms with Gasteiger partial charge in [0.15, 0.2) is 17.3 Å². The molecule has 0 fully saturated rings. The Morgan fingerprint density at radius 3 is 2.52 bits per heavy atom. The molecular weight excluding hydrogens is 305 g/mol. The number of aryl methyl sites for hydroxylation is 1. The van der Waals surface area contributed by atoms with Gasteiger partial charge < -0.3 is 15.2 Å². The van der Waals surface area contributed by atoms with Crippen molar-refractivity contribution in [2.24, 2.45) is 5.73 Å². The van der Waals surface area contributed by atoms with Crippen molar-refractivity contribution in [3.8, 4) is 11.4 Å². The van der Waals surface area contributed by atoms with Crippen LogP contribution in [0.25, 0.3) is 17.0 Å². The Hall–Kier alpha value is -3.36. The van der Waals surface area contributed by atoms with Gasteiger partial charge in [-0.05, 0) is 13.0 Å². The number of nitrogens with zero attached hydrogens (tertiary/aromatic N) is 4. The van der Waals surface area contributed by atoms with Crippen LogP contribution in [-0.2, 0) is 4.79 Å². The summed E-state index contributed by atoms with van der Waals surface area (Å²) in [5.41, 5.74) is 6.77. The third kappa shape index (κ3) is 3.46. The second-order valence-electron chi connectivity index (χ2n) is 4.45. The fourth-order valence-electron chi connectivity index (χ4n) is 1.91. The predicted octanol–water partition coefficient (Wildman–Crippen LogP) is 1.04. The lowest BCUT2D eigenvalue weighted by Crippen LogP contribution is -2.11. The smallest absolute Gasteiger partial charge is 0.290 e. The van der Waals surface area contributed by atoms with Crippen molar-refractivity contribution < 1.29 is 19.1 Å². The van der Waals surface area contributed by atoms with Gasteiger partial charge in [0.25, 0.3) is 12.4 Å².